The summed E-state index contributed by atoms with van der Waals surface area (Å²) < 4.78 is 12.3. The molecule has 2 heterocycles. The maximum atomic E-state index is 6.13. The molecule has 1 aromatic rings. The molecule has 1 aromatic carbocycles. The molecule has 0 bridgehead atoms. The number of rotatable bonds is 1. The SMILES string of the molecule is CN1CCc2cc(C3OC(C)(C)C(C)(C)O3)ccc2C1. The van der Waals surface area contributed by atoms with Crippen molar-refractivity contribution in [1.82, 2.24) is 4.90 Å². The van der Waals surface area contributed by atoms with E-state index in [1.54, 1.807) is 0 Å². The van der Waals surface area contributed by atoms with E-state index in [0.717, 1.165) is 25.1 Å². The predicted octanol–water partition coefficient (Wildman–Crippen LogP) is 3.28. The Hall–Kier alpha value is -0.900. The minimum atomic E-state index is -0.270. The van der Waals surface area contributed by atoms with E-state index < -0.39 is 0 Å². The van der Waals surface area contributed by atoms with Gasteiger partial charge in [-0.1, -0.05) is 18.2 Å². The summed E-state index contributed by atoms with van der Waals surface area (Å²) >= 11 is 0. The van der Waals surface area contributed by atoms with Crippen LogP contribution in [0.4, 0.5) is 0 Å². The van der Waals surface area contributed by atoms with Crippen molar-refractivity contribution in [3.63, 3.8) is 0 Å². The number of hydrogen-bond donors (Lipinski definition) is 0. The highest BCUT2D eigenvalue weighted by atomic mass is 16.7. The van der Waals surface area contributed by atoms with Gasteiger partial charge in [-0.3, -0.25) is 0 Å². The number of nitrogens with zero attached hydrogens (tertiary/aromatic N) is 1. The largest absolute Gasteiger partial charge is 0.339 e. The molecule has 1 saturated heterocycles. The van der Waals surface area contributed by atoms with Gasteiger partial charge in [0.15, 0.2) is 6.29 Å². The maximum absolute atomic E-state index is 6.13. The third kappa shape index (κ3) is 2.28. The number of hydrogen-bond acceptors (Lipinski definition) is 3. The summed E-state index contributed by atoms with van der Waals surface area (Å²) in [6.07, 6.45) is 0.865. The Labute approximate surface area is 121 Å². The van der Waals surface area contributed by atoms with E-state index in [9.17, 15) is 0 Å². The van der Waals surface area contributed by atoms with Crippen molar-refractivity contribution in [3.05, 3.63) is 34.9 Å². The normalized spacial score (nSPS) is 25.6. The Balaban J connectivity index is 1.86. The van der Waals surface area contributed by atoms with Gasteiger partial charge in [0.1, 0.15) is 0 Å². The first-order chi connectivity index (χ1) is 9.28. The molecule has 0 radical (unpaired) electrons. The van der Waals surface area contributed by atoms with E-state index in [-0.39, 0.29) is 17.5 Å². The van der Waals surface area contributed by atoms with Crippen molar-refractivity contribution in [3.8, 4) is 0 Å². The van der Waals surface area contributed by atoms with Crippen molar-refractivity contribution in [2.75, 3.05) is 13.6 Å². The lowest BCUT2D eigenvalue weighted by atomic mass is 9.90. The van der Waals surface area contributed by atoms with Gasteiger partial charge in [0, 0.05) is 18.7 Å². The topological polar surface area (TPSA) is 21.7 Å². The molecule has 0 N–H and O–H groups in total. The Morgan fingerprint density at radius 3 is 2.35 bits per heavy atom. The van der Waals surface area contributed by atoms with Crippen LogP contribution in [0.2, 0.25) is 0 Å². The first-order valence-corrected chi connectivity index (χ1v) is 7.44. The Morgan fingerprint density at radius 2 is 1.70 bits per heavy atom. The van der Waals surface area contributed by atoms with Gasteiger partial charge in [-0.2, -0.15) is 0 Å². The monoisotopic (exact) mass is 275 g/mol. The van der Waals surface area contributed by atoms with Gasteiger partial charge >= 0.3 is 0 Å². The average Bonchev–Trinajstić information content (AvgIpc) is 2.58. The fourth-order valence-electron chi connectivity index (χ4n) is 2.84. The Kier molecular flexibility index (Phi) is 3.20. The Morgan fingerprint density at radius 1 is 1.05 bits per heavy atom. The van der Waals surface area contributed by atoms with Gasteiger partial charge in [-0.15, -0.1) is 0 Å². The van der Waals surface area contributed by atoms with Crippen LogP contribution >= 0.6 is 0 Å². The van der Waals surface area contributed by atoms with Crippen LogP contribution in [0.15, 0.2) is 18.2 Å². The lowest BCUT2D eigenvalue weighted by molar-refractivity contribution is -0.0896. The van der Waals surface area contributed by atoms with Gasteiger partial charge < -0.3 is 14.4 Å². The van der Waals surface area contributed by atoms with Gasteiger partial charge in [0.25, 0.3) is 0 Å². The highest BCUT2D eigenvalue weighted by molar-refractivity contribution is 5.34. The summed E-state index contributed by atoms with van der Waals surface area (Å²) in [6, 6.07) is 6.65. The number of fused-ring (bicyclic) bond motifs is 1. The first-order valence-electron chi connectivity index (χ1n) is 7.44. The zero-order valence-electron chi connectivity index (χ0n) is 13.2. The smallest absolute Gasteiger partial charge is 0.185 e. The molecule has 3 heteroatoms. The minimum Gasteiger partial charge on any atom is -0.339 e. The Bertz CT molecular complexity index is 506. The van der Waals surface area contributed by atoms with Crippen LogP contribution < -0.4 is 0 Å². The summed E-state index contributed by atoms with van der Waals surface area (Å²) in [4.78, 5) is 2.36. The number of ether oxygens (including phenoxy) is 2. The molecular formula is C17H25NO2. The lowest BCUT2D eigenvalue weighted by Gasteiger charge is -2.30. The molecule has 20 heavy (non-hydrogen) atoms. The number of benzene rings is 1. The van der Waals surface area contributed by atoms with E-state index in [1.165, 1.54) is 11.1 Å². The molecule has 0 atom stereocenters. The fraction of sp³-hybridized carbons (Fsp3) is 0.647. The molecule has 0 unspecified atom stereocenters. The third-order valence-corrected chi connectivity index (χ3v) is 4.96. The molecule has 110 valence electrons. The zero-order valence-corrected chi connectivity index (χ0v) is 13.2. The molecule has 0 spiro atoms. The maximum Gasteiger partial charge on any atom is 0.185 e. The van der Waals surface area contributed by atoms with E-state index in [2.05, 4.69) is 57.8 Å². The third-order valence-electron chi connectivity index (χ3n) is 4.96. The summed E-state index contributed by atoms with van der Waals surface area (Å²) in [5, 5.41) is 0. The fourth-order valence-corrected chi connectivity index (χ4v) is 2.84. The van der Waals surface area contributed by atoms with E-state index >= 15 is 0 Å². The standard InChI is InChI=1S/C17H25NO2/c1-16(2)17(3,4)20-15(19-16)13-6-7-14-11-18(5)9-8-12(14)10-13/h6-7,10,15H,8-9,11H2,1-5H3. The van der Waals surface area contributed by atoms with Gasteiger partial charge in [-0.25, -0.2) is 0 Å². The van der Waals surface area contributed by atoms with Crippen LogP contribution in [-0.2, 0) is 22.4 Å². The summed E-state index contributed by atoms with van der Waals surface area (Å²) in [7, 11) is 2.17. The lowest BCUT2D eigenvalue weighted by Crippen LogP contribution is -2.41. The van der Waals surface area contributed by atoms with Crippen LogP contribution in [0.5, 0.6) is 0 Å². The molecular weight excluding hydrogens is 250 g/mol. The molecule has 3 rings (SSSR count). The van der Waals surface area contributed by atoms with Crippen LogP contribution in [-0.4, -0.2) is 29.7 Å². The van der Waals surface area contributed by atoms with Crippen molar-refractivity contribution in [1.29, 1.82) is 0 Å². The van der Waals surface area contributed by atoms with Gasteiger partial charge in [0.05, 0.1) is 11.2 Å². The second-order valence-corrected chi connectivity index (χ2v) is 7.10. The van der Waals surface area contributed by atoms with E-state index in [4.69, 9.17) is 9.47 Å². The van der Waals surface area contributed by atoms with Crippen LogP contribution in [0.1, 0.15) is 50.7 Å². The average molecular weight is 275 g/mol. The molecule has 1 fully saturated rings. The number of likely N-dealkylation sites (N-methyl/N-ethyl adjacent to an activating group) is 1. The van der Waals surface area contributed by atoms with E-state index in [1.807, 2.05) is 0 Å². The van der Waals surface area contributed by atoms with Crippen molar-refractivity contribution >= 4 is 0 Å². The molecule has 0 saturated carbocycles. The van der Waals surface area contributed by atoms with E-state index in [0.29, 0.717) is 0 Å². The van der Waals surface area contributed by atoms with Crippen LogP contribution in [0, 0.1) is 0 Å². The van der Waals surface area contributed by atoms with Crippen molar-refractivity contribution in [2.45, 2.75) is 58.2 Å². The summed E-state index contributed by atoms with van der Waals surface area (Å²) in [5.74, 6) is 0. The first kappa shape index (κ1) is 14.1. The highest BCUT2D eigenvalue weighted by Crippen LogP contribution is 2.45. The van der Waals surface area contributed by atoms with Crippen LogP contribution in [0.3, 0.4) is 0 Å². The molecule has 3 nitrogen and oxygen atoms in total. The molecule has 0 aliphatic carbocycles. The second kappa shape index (κ2) is 4.55. The highest BCUT2D eigenvalue weighted by Gasteiger charge is 2.49. The second-order valence-electron chi connectivity index (χ2n) is 7.10. The zero-order chi connectivity index (χ0) is 14.5. The van der Waals surface area contributed by atoms with Gasteiger partial charge in [-0.05, 0) is 52.3 Å². The summed E-state index contributed by atoms with van der Waals surface area (Å²) in [6.45, 7) is 10.6. The molecule has 0 aromatic heterocycles. The minimum absolute atomic E-state index is 0.245. The predicted molar refractivity (Wildman–Crippen MR) is 79.5 cm³/mol. The van der Waals surface area contributed by atoms with Crippen molar-refractivity contribution in [2.24, 2.45) is 0 Å². The molecule has 0 amide bonds. The van der Waals surface area contributed by atoms with Gasteiger partial charge in [0.2, 0.25) is 0 Å². The molecule has 2 aliphatic rings. The van der Waals surface area contributed by atoms with Crippen molar-refractivity contribution < 1.29 is 9.47 Å². The van der Waals surface area contributed by atoms with Crippen LogP contribution in [0.25, 0.3) is 0 Å². The molecule has 2 aliphatic heterocycles. The quantitative estimate of drug-likeness (QED) is 0.785. The summed E-state index contributed by atoms with van der Waals surface area (Å²) in [5.41, 5.74) is 3.47.